The van der Waals surface area contributed by atoms with E-state index in [-0.39, 0.29) is 5.91 Å². The Kier molecular flexibility index (Phi) is 8.66. The van der Waals surface area contributed by atoms with Gasteiger partial charge in [-0.3, -0.25) is 9.59 Å². The number of hydrogen-bond donors (Lipinski definition) is 2. The molecule has 0 spiro atoms. The van der Waals surface area contributed by atoms with E-state index in [0.29, 0.717) is 45.2 Å². The predicted octanol–water partition coefficient (Wildman–Crippen LogP) is 4.94. The minimum Gasteiger partial charge on any atom is -0.497 e. The van der Waals surface area contributed by atoms with Gasteiger partial charge in [-0.15, -0.1) is 0 Å². The van der Waals surface area contributed by atoms with E-state index in [1.165, 1.54) is 6.21 Å². The lowest BCUT2D eigenvalue weighted by atomic mass is 10.1. The van der Waals surface area contributed by atoms with Crippen LogP contribution in [0.5, 0.6) is 17.2 Å². The molecular weight excluding hydrogens is 498 g/mol. The van der Waals surface area contributed by atoms with E-state index in [4.69, 9.17) is 14.2 Å². The molecule has 4 aromatic rings. The van der Waals surface area contributed by atoms with Gasteiger partial charge in [0.1, 0.15) is 17.2 Å². The Morgan fingerprint density at radius 2 is 1.23 bits per heavy atom. The Morgan fingerprint density at radius 1 is 0.667 bits per heavy atom. The number of amides is 2. The molecule has 0 aromatic heterocycles. The third-order valence-electron chi connectivity index (χ3n) is 5.53. The summed E-state index contributed by atoms with van der Waals surface area (Å²) in [6.45, 7) is 0. The maximum atomic E-state index is 12.5. The van der Waals surface area contributed by atoms with Crippen molar-refractivity contribution in [1.82, 2.24) is 5.43 Å². The van der Waals surface area contributed by atoms with Gasteiger partial charge in [-0.1, -0.05) is 12.1 Å². The highest BCUT2D eigenvalue weighted by molar-refractivity contribution is 6.04. The van der Waals surface area contributed by atoms with E-state index in [2.05, 4.69) is 15.8 Å². The molecule has 39 heavy (non-hydrogen) atoms. The molecule has 2 amide bonds. The SMILES string of the molecule is COc1ccc(C(=O)Nc2ccc(C(=O)N/N=C\c3cccc(OC(=O)c4ccc(OC)cc4)c3)cc2)cc1. The van der Waals surface area contributed by atoms with Crippen molar-refractivity contribution in [3.05, 3.63) is 119 Å². The van der Waals surface area contributed by atoms with Crippen LogP contribution in [0.4, 0.5) is 5.69 Å². The zero-order valence-electron chi connectivity index (χ0n) is 21.2. The first kappa shape index (κ1) is 26.6. The summed E-state index contributed by atoms with van der Waals surface area (Å²) in [4.78, 5) is 37.3. The highest BCUT2D eigenvalue weighted by atomic mass is 16.5. The van der Waals surface area contributed by atoms with E-state index < -0.39 is 11.9 Å². The summed E-state index contributed by atoms with van der Waals surface area (Å²) in [6.07, 6.45) is 1.44. The molecule has 0 radical (unpaired) electrons. The number of anilines is 1. The van der Waals surface area contributed by atoms with E-state index in [0.717, 1.165) is 0 Å². The smallest absolute Gasteiger partial charge is 0.343 e. The first-order chi connectivity index (χ1) is 18.9. The standard InChI is InChI=1S/C30H25N3O6/c1-37-25-14-8-21(9-15-25)28(34)32-24-12-6-22(7-13-24)29(35)33-31-19-20-4-3-5-27(18-20)39-30(36)23-10-16-26(38-2)17-11-23/h3-19H,1-2H3,(H,32,34)(H,33,35)/b31-19-. The summed E-state index contributed by atoms with van der Waals surface area (Å²) < 4.78 is 15.6. The lowest BCUT2D eigenvalue weighted by Crippen LogP contribution is -2.18. The van der Waals surface area contributed by atoms with Crippen LogP contribution >= 0.6 is 0 Å². The molecule has 0 bridgehead atoms. The van der Waals surface area contributed by atoms with Gasteiger partial charge in [-0.2, -0.15) is 5.10 Å². The number of methoxy groups -OCH3 is 2. The fourth-order valence-electron chi connectivity index (χ4n) is 3.43. The van der Waals surface area contributed by atoms with Gasteiger partial charge in [-0.05, 0) is 90.5 Å². The third-order valence-corrected chi connectivity index (χ3v) is 5.53. The Hall–Kier alpha value is -5.44. The van der Waals surface area contributed by atoms with Gasteiger partial charge in [-0.25, -0.2) is 10.2 Å². The lowest BCUT2D eigenvalue weighted by Gasteiger charge is -2.07. The molecule has 0 aliphatic carbocycles. The van der Waals surface area contributed by atoms with Gasteiger partial charge < -0.3 is 19.5 Å². The molecule has 0 aliphatic rings. The number of benzene rings is 4. The number of ether oxygens (including phenoxy) is 3. The lowest BCUT2D eigenvalue weighted by molar-refractivity contribution is 0.0734. The van der Waals surface area contributed by atoms with Gasteiger partial charge in [0.05, 0.1) is 26.0 Å². The van der Waals surface area contributed by atoms with E-state index >= 15 is 0 Å². The molecule has 0 saturated carbocycles. The molecule has 0 atom stereocenters. The Bertz CT molecular complexity index is 1480. The number of nitrogens with one attached hydrogen (secondary N) is 2. The maximum Gasteiger partial charge on any atom is 0.343 e. The quantitative estimate of drug-likeness (QED) is 0.139. The fraction of sp³-hybridized carbons (Fsp3) is 0.0667. The molecule has 0 aliphatic heterocycles. The molecular formula is C30H25N3O6. The number of carbonyl (C=O) groups is 3. The summed E-state index contributed by atoms with van der Waals surface area (Å²) in [7, 11) is 3.10. The zero-order chi connectivity index (χ0) is 27.6. The van der Waals surface area contributed by atoms with E-state index in [1.54, 1.807) is 111 Å². The summed E-state index contributed by atoms with van der Waals surface area (Å²) in [5, 5.41) is 6.76. The van der Waals surface area contributed by atoms with Crippen molar-refractivity contribution >= 4 is 29.7 Å². The molecule has 4 rings (SSSR count). The Morgan fingerprint density at radius 3 is 1.85 bits per heavy atom. The van der Waals surface area contributed by atoms with Crippen LogP contribution in [0.1, 0.15) is 36.6 Å². The van der Waals surface area contributed by atoms with Crippen molar-refractivity contribution in [1.29, 1.82) is 0 Å². The Balaban J connectivity index is 1.30. The van der Waals surface area contributed by atoms with Crippen molar-refractivity contribution in [3.63, 3.8) is 0 Å². The van der Waals surface area contributed by atoms with Crippen molar-refractivity contribution in [2.24, 2.45) is 5.10 Å². The third kappa shape index (κ3) is 7.30. The number of nitrogens with zero attached hydrogens (tertiary/aromatic N) is 1. The number of rotatable bonds is 9. The first-order valence-electron chi connectivity index (χ1n) is 11.8. The van der Waals surface area contributed by atoms with Crippen LogP contribution in [0.25, 0.3) is 0 Å². The number of hydrazone groups is 1. The van der Waals surface area contributed by atoms with Crippen LogP contribution in [0.2, 0.25) is 0 Å². The van der Waals surface area contributed by atoms with Gasteiger partial charge >= 0.3 is 5.97 Å². The van der Waals surface area contributed by atoms with Crippen LogP contribution in [0.3, 0.4) is 0 Å². The fourth-order valence-corrected chi connectivity index (χ4v) is 3.43. The molecule has 4 aromatic carbocycles. The minimum absolute atomic E-state index is 0.281. The van der Waals surface area contributed by atoms with Gasteiger partial charge in [0.15, 0.2) is 0 Å². The van der Waals surface area contributed by atoms with Gasteiger partial charge in [0.2, 0.25) is 0 Å². The van der Waals surface area contributed by atoms with Crippen LogP contribution in [-0.2, 0) is 0 Å². The number of hydrogen-bond acceptors (Lipinski definition) is 7. The molecule has 9 nitrogen and oxygen atoms in total. The van der Waals surface area contributed by atoms with Crippen LogP contribution in [0, 0.1) is 0 Å². The van der Waals surface area contributed by atoms with Gasteiger partial charge in [0, 0.05) is 16.8 Å². The van der Waals surface area contributed by atoms with E-state index in [9.17, 15) is 14.4 Å². The van der Waals surface area contributed by atoms with Crippen LogP contribution in [-0.4, -0.2) is 38.2 Å². The highest BCUT2D eigenvalue weighted by Crippen LogP contribution is 2.17. The van der Waals surface area contributed by atoms with Crippen molar-refractivity contribution in [3.8, 4) is 17.2 Å². The summed E-state index contributed by atoms with van der Waals surface area (Å²) in [6, 6.07) is 26.4. The number of esters is 1. The summed E-state index contributed by atoms with van der Waals surface area (Å²) in [5.41, 5.74) is 4.83. The van der Waals surface area contributed by atoms with Crippen molar-refractivity contribution in [2.75, 3.05) is 19.5 Å². The average molecular weight is 524 g/mol. The second kappa shape index (κ2) is 12.7. The second-order valence-corrected chi connectivity index (χ2v) is 8.15. The molecule has 0 saturated heterocycles. The largest absolute Gasteiger partial charge is 0.497 e. The van der Waals surface area contributed by atoms with Crippen molar-refractivity contribution < 1.29 is 28.6 Å². The van der Waals surface area contributed by atoms with Crippen LogP contribution in [0.15, 0.2) is 102 Å². The van der Waals surface area contributed by atoms with Crippen molar-refractivity contribution in [2.45, 2.75) is 0 Å². The maximum absolute atomic E-state index is 12.5. The topological polar surface area (TPSA) is 115 Å². The summed E-state index contributed by atoms with van der Waals surface area (Å²) in [5.74, 6) is 0.407. The monoisotopic (exact) mass is 523 g/mol. The van der Waals surface area contributed by atoms with Gasteiger partial charge in [0.25, 0.3) is 11.8 Å². The molecule has 0 unspecified atom stereocenters. The molecule has 9 heteroatoms. The number of carbonyl (C=O) groups excluding carboxylic acids is 3. The molecule has 0 heterocycles. The predicted molar refractivity (Wildman–Crippen MR) is 147 cm³/mol. The Labute approximate surface area is 225 Å². The molecule has 196 valence electrons. The normalized spacial score (nSPS) is 10.5. The second-order valence-electron chi connectivity index (χ2n) is 8.15. The highest BCUT2D eigenvalue weighted by Gasteiger charge is 2.10. The minimum atomic E-state index is -0.510. The average Bonchev–Trinajstić information content (AvgIpc) is 2.97. The summed E-state index contributed by atoms with van der Waals surface area (Å²) >= 11 is 0. The van der Waals surface area contributed by atoms with Crippen LogP contribution < -0.4 is 25.0 Å². The first-order valence-corrected chi connectivity index (χ1v) is 11.8. The zero-order valence-corrected chi connectivity index (χ0v) is 21.2. The van der Waals surface area contributed by atoms with E-state index in [1.807, 2.05) is 0 Å². The molecule has 0 fully saturated rings. The molecule has 2 N–H and O–H groups in total.